The van der Waals surface area contributed by atoms with Crippen molar-refractivity contribution in [3.8, 4) is 0 Å². The molecule has 0 bridgehead atoms. The molecule has 3 heteroatoms. The summed E-state index contributed by atoms with van der Waals surface area (Å²) in [7, 11) is 0. The topological polar surface area (TPSA) is 40.9 Å². The zero-order valence-corrected chi connectivity index (χ0v) is 4.93. The van der Waals surface area contributed by atoms with Crippen molar-refractivity contribution >= 4 is 12.0 Å². The van der Waals surface area contributed by atoms with Gasteiger partial charge in [0.25, 0.3) is 0 Å². The van der Waals surface area contributed by atoms with Crippen molar-refractivity contribution in [3.05, 3.63) is 0 Å². The Hall–Kier alpha value is -0.730. The van der Waals surface area contributed by atoms with Gasteiger partial charge in [0, 0.05) is 5.92 Å². The van der Waals surface area contributed by atoms with Crippen LogP contribution < -0.4 is 0 Å². The van der Waals surface area contributed by atoms with Crippen molar-refractivity contribution in [3.63, 3.8) is 0 Å². The van der Waals surface area contributed by atoms with E-state index in [4.69, 9.17) is 5.41 Å². The molecule has 1 aliphatic rings. The minimum atomic E-state index is -0.793. The summed E-state index contributed by atoms with van der Waals surface area (Å²) in [5.74, 6) is -0.415. The average Bonchev–Trinajstić information content (AvgIpc) is 1.79. The first-order chi connectivity index (χ1) is 4.24. The highest BCUT2D eigenvalue weighted by atomic mass is 19.1. The lowest BCUT2D eigenvalue weighted by atomic mass is 9.81. The Labute approximate surface area is 52.6 Å². The molecular formula is C6H8FNO. The number of carbonyl (C=O) groups is 1. The van der Waals surface area contributed by atoms with Crippen molar-refractivity contribution in [1.29, 1.82) is 5.41 Å². The van der Waals surface area contributed by atoms with E-state index in [-0.39, 0.29) is 11.7 Å². The van der Waals surface area contributed by atoms with Crippen LogP contribution in [-0.4, -0.2) is 18.2 Å². The fourth-order valence-electron chi connectivity index (χ4n) is 0.899. The van der Waals surface area contributed by atoms with Gasteiger partial charge in [0.1, 0.15) is 6.17 Å². The van der Waals surface area contributed by atoms with Crippen molar-refractivity contribution in [2.75, 3.05) is 0 Å². The smallest absolute Gasteiger partial charge is 0.176 e. The Kier molecular flexibility index (Phi) is 1.60. The number of Topliss-reactive ketones (excluding diaryl/α,β-unsaturated/α-hetero) is 1. The highest BCUT2D eigenvalue weighted by molar-refractivity contribution is 6.27. The number of rotatable bonds is 2. The van der Waals surface area contributed by atoms with Gasteiger partial charge in [-0.05, 0) is 12.8 Å². The van der Waals surface area contributed by atoms with Crippen molar-refractivity contribution in [1.82, 2.24) is 0 Å². The molecule has 0 radical (unpaired) electrons. The highest BCUT2D eigenvalue weighted by Crippen LogP contribution is 2.29. The van der Waals surface area contributed by atoms with Crippen LogP contribution in [0.25, 0.3) is 0 Å². The zero-order valence-electron chi connectivity index (χ0n) is 4.93. The molecular weight excluding hydrogens is 121 g/mol. The molecule has 0 spiro atoms. The summed E-state index contributed by atoms with van der Waals surface area (Å²) in [6, 6.07) is 0. The number of halogens is 1. The maximum atomic E-state index is 12.0. The molecule has 50 valence electrons. The third-order valence-corrected chi connectivity index (χ3v) is 1.63. The normalized spacial score (nSPS) is 33.0. The van der Waals surface area contributed by atoms with Crippen LogP contribution in [0.2, 0.25) is 0 Å². The molecule has 0 aromatic rings. The molecule has 0 aliphatic heterocycles. The van der Waals surface area contributed by atoms with Crippen LogP contribution in [-0.2, 0) is 4.79 Å². The largest absolute Gasteiger partial charge is 0.305 e. The van der Waals surface area contributed by atoms with E-state index in [1.54, 1.807) is 0 Å². The van der Waals surface area contributed by atoms with Gasteiger partial charge in [0.05, 0.1) is 6.21 Å². The molecule has 1 N–H and O–H groups in total. The molecule has 0 aromatic carbocycles. The average molecular weight is 129 g/mol. The number of carbonyl (C=O) groups excluding carboxylic acids is 1. The summed E-state index contributed by atoms with van der Waals surface area (Å²) in [5, 5.41) is 6.55. The Morgan fingerprint density at radius 2 is 2.22 bits per heavy atom. The van der Waals surface area contributed by atoms with Crippen LogP contribution in [0.4, 0.5) is 4.39 Å². The predicted molar refractivity (Wildman–Crippen MR) is 31.4 cm³/mol. The van der Waals surface area contributed by atoms with Crippen LogP contribution in [0, 0.1) is 11.3 Å². The first kappa shape index (κ1) is 6.39. The second kappa shape index (κ2) is 2.25. The summed E-state index contributed by atoms with van der Waals surface area (Å²) in [6.07, 6.45) is 0.637. The summed E-state index contributed by atoms with van der Waals surface area (Å²) in [6.45, 7) is 0. The van der Waals surface area contributed by atoms with Gasteiger partial charge in [-0.15, -0.1) is 0 Å². The van der Waals surface area contributed by atoms with Crippen LogP contribution in [0.3, 0.4) is 0 Å². The Balaban J connectivity index is 2.31. The fraction of sp³-hybridized carbons (Fsp3) is 0.667. The lowest BCUT2D eigenvalue weighted by molar-refractivity contribution is -0.120. The summed E-state index contributed by atoms with van der Waals surface area (Å²) < 4.78 is 12.0. The maximum Gasteiger partial charge on any atom is 0.176 e. The third kappa shape index (κ3) is 1.15. The molecule has 0 saturated heterocycles. The van der Waals surface area contributed by atoms with Crippen LogP contribution in [0.15, 0.2) is 0 Å². The van der Waals surface area contributed by atoms with Crippen LogP contribution in [0.1, 0.15) is 12.8 Å². The molecule has 0 unspecified atom stereocenters. The highest BCUT2D eigenvalue weighted by Gasteiger charge is 2.32. The van der Waals surface area contributed by atoms with E-state index >= 15 is 0 Å². The quantitative estimate of drug-likeness (QED) is 0.554. The number of ketones is 1. The van der Waals surface area contributed by atoms with Gasteiger partial charge in [-0.1, -0.05) is 0 Å². The number of hydrogen-bond acceptors (Lipinski definition) is 2. The monoisotopic (exact) mass is 129 g/mol. The minimum absolute atomic E-state index is 0.183. The van der Waals surface area contributed by atoms with Gasteiger partial charge < -0.3 is 5.41 Å². The van der Waals surface area contributed by atoms with Gasteiger partial charge in [0.2, 0.25) is 0 Å². The Morgan fingerprint density at radius 1 is 1.67 bits per heavy atom. The van der Waals surface area contributed by atoms with E-state index in [1.807, 2.05) is 0 Å². The van der Waals surface area contributed by atoms with E-state index in [1.165, 1.54) is 0 Å². The van der Waals surface area contributed by atoms with E-state index in [2.05, 4.69) is 0 Å². The second-order valence-corrected chi connectivity index (χ2v) is 2.31. The van der Waals surface area contributed by atoms with Gasteiger partial charge in [-0.25, -0.2) is 4.39 Å². The molecule has 0 heterocycles. The molecule has 0 atom stereocenters. The summed E-state index contributed by atoms with van der Waals surface area (Å²) >= 11 is 0. The van der Waals surface area contributed by atoms with Crippen LogP contribution in [0.5, 0.6) is 0 Å². The van der Waals surface area contributed by atoms with Crippen molar-refractivity contribution < 1.29 is 9.18 Å². The summed E-state index contributed by atoms with van der Waals surface area (Å²) in [4.78, 5) is 10.5. The van der Waals surface area contributed by atoms with Gasteiger partial charge >= 0.3 is 0 Å². The lowest BCUT2D eigenvalue weighted by Gasteiger charge is -2.26. The zero-order chi connectivity index (χ0) is 6.85. The van der Waals surface area contributed by atoms with E-state index in [0.29, 0.717) is 12.8 Å². The van der Waals surface area contributed by atoms with Gasteiger partial charge in [-0.2, -0.15) is 0 Å². The molecule has 9 heavy (non-hydrogen) atoms. The van der Waals surface area contributed by atoms with Crippen LogP contribution >= 0.6 is 0 Å². The second-order valence-electron chi connectivity index (χ2n) is 2.31. The van der Waals surface area contributed by atoms with E-state index in [0.717, 1.165) is 6.21 Å². The number of nitrogens with one attached hydrogen (secondary N) is 1. The van der Waals surface area contributed by atoms with Gasteiger partial charge in [0.15, 0.2) is 5.78 Å². The van der Waals surface area contributed by atoms with E-state index in [9.17, 15) is 9.18 Å². The third-order valence-electron chi connectivity index (χ3n) is 1.63. The molecule has 0 amide bonds. The molecule has 2 nitrogen and oxygen atoms in total. The van der Waals surface area contributed by atoms with E-state index < -0.39 is 6.17 Å². The molecule has 1 rings (SSSR count). The van der Waals surface area contributed by atoms with Crippen molar-refractivity contribution in [2.24, 2.45) is 5.92 Å². The number of hydrogen-bond donors (Lipinski definition) is 1. The Morgan fingerprint density at radius 3 is 2.56 bits per heavy atom. The number of alkyl halides is 1. The summed E-state index contributed by atoms with van der Waals surface area (Å²) in [5.41, 5.74) is 0. The van der Waals surface area contributed by atoms with Crippen molar-refractivity contribution in [2.45, 2.75) is 19.0 Å². The Bertz CT molecular complexity index is 140. The maximum absolute atomic E-state index is 12.0. The molecule has 0 aromatic heterocycles. The standard InChI is InChI=1S/C6H8FNO/c7-5-1-4(2-5)6(9)3-8/h3-5,8H,1-2H2. The molecule has 1 aliphatic carbocycles. The fourth-order valence-corrected chi connectivity index (χ4v) is 0.899. The minimum Gasteiger partial charge on any atom is -0.305 e. The van der Waals surface area contributed by atoms with Gasteiger partial charge in [-0.3, -0.25) is 4.79 Å². The SMILES string of the molecule is N=CC(=O)C1CC(F)C1. The lowest BCUT2D eigenvalue weighted by Crippen LogP contribution is -2.31. The molecule has 1 saturated carbocycles. The predicted octanol–water partition coefficient (Wildman–Crippen LogP) is 0.953. The first-order valence-electron chi connectivity index (χ1n) is 2.92. The first-order valence-corrected chi connectivity index (χ1v) is 2.92. The molecule has 1 fully saturated rings.